The van der Waals surface area contributed by atoms with Gasteiger partial charge in [-0.1, -0.05) is 49.6 Å². The Morgan fingerprint density at radius 3 is 2.67 bits per heavy atom. The Morgan fingerprint density at radius 2 is 2.00 bits per heavy atom. The number of nitrogens with one attached hydrogen (secondary N) is 2. The van der Waals surface area contributed by atoms with E-state index in [2.05, 4.69) is 29.0 Å². The van der Waals surface area contributed by atoms with Crippen LogP contribution < -0.4 is 10.9 Å². The lowest BCUT2D eigenvalue weighted by Crippen LogP contribution is -2.42. The zero-order valence-corrected chi connectivity index (χ0v) is 14.7. The number of carbonyl (C=O) groups excluding carboxylic acids is 2. The third kappa shape index (κ3) is 7.11. The SMILES string of the molecule is C=C/C=C\C(=C)C(=O)NNC(=O)CSC(C)=Nc1ccccc1C. The number of aliphatic imine (C=N–C) groups is 1. The minimum atomic E-state index is -0.475. The molecule has 0 atom stereocenters. The van der Waals surface area contributed by atoms with Crippen LogP contribution in [0.4, 0.5) is 5.69 Å². The largest absolute Gasteiger partial charge is 0.272 e. The second-order valence-corrected chi connectivity index (χ2v) is 6.00. The van der Waals surface area contributed by atoms with Gasteiger partial charge in [-0.15, -0.1) is 11.8 Å². The maximum Gasteiger partial charge on any atom is 0.269 e. The van der Waals surface area contributed by atoms with Gasteiger partial charge >= 0.3 is 0 Å². The van der Waals surface area contributed by atoms with Crippen LogP contribution in [0, 0.1) is 6.92 Å². The summed E-state index contributed by atoms with van der Waals surface area (Å²) < 4.78 is 0. The fourth-order valence-electron chi connectivity index (χ4n) is 1.56. The number of allylic oxidation sites excluding steroid dienone is 2. The van der Waals surface area contributed by atoms with Gasteiger partial charge in [-0.05, 0) is 25.5 Å². The lowest BCUT2D eigenvalue weighted by Gasteiger charge is -2.07. The summed E-state index contributed by atoms with van der Waals surface area (Å²) in [6.45, 7) is 10.9. The van der Waals surface area contributed by atoms with E-state index in [1.165, 1.54) is 23.9 Å². The molecule has 0 saturated carbocycles. The summed E-state index contributed by atoms with van der Waals surface area (Å²) in [6.07, 6.45) is 4.62. The zero-order chi connectivity index (χ0) is 17.9. The van der Waals surface area contributed by atoms with Crippen molar-refractivity contribution in [3.05, 3.63) is 66.8 Å². The molecule has 0 unspecified atom stereocenters. The Kier molecular flexibility index (Phi) is 8.29. The molecule has 2 amide bonds. The highest BCUT2D eigenvalue weighted by Gasteiger charge is 2.07. The number of carbonyl (C=O) groups is 2. The van der Waals surface area contributed by atoms with Crippen molar-refractivity contribution >= 4 is 34.3 Å². The van der Waals surface area contributed by atoms with Crippen molar-refractivity contribution in [2.45, 2.75) is 13.8 Å². The first-order valence-corrected chi connectivity index (χ1v) is 8.23. The van der Waals surface area contributed by atoms with Gasteiger partial charge in [0.15, 0.2) is 0 Å². The van der Waals surface area contributed by atoms with Crippen molar-refractivity contribution < 1.29 is 9.59 Å². The number of thioether (sulfide) groups is 1. The van der Waals surface area contributed by atoms with Crippen LogP contribution in [-0.4, -0.2) is 22.6 Å². The molecule has 0 aromatic heterocycles. The summed E-state index contributed by atoms with van der Waals surface area (Å²) in [5.74, 6) is -0.652. The minimum Gasteiger partial charge on any atom is -0.272 e. The van der Waals surface area contributed by atoms with Crippen LogP contribution in [0.1, 0.15) is 12.5 Å². The van der Waals surface area contributed by atoms with Crippen molar-refractivity contribution in [2.75, 3.05) is 5.75 Å². The van der Waals surface area contributed by atoms with Crippen molar-refractivity contribution in [3.8, 4) is 0 Å². The number of rotatable bonds is 6. The molecule has 0 aliphatic rings. The highest BCUT2D eigenvalue weighted by Crippen LogP contribution is 2.19. The summed E-state index contributed by atoms with van der Waals surface area (Å²) >= 11 is 1.30. The molecule has 6 heteroatoms. The molecule has 0 heterocycles. The Balaban J connectivity index is 2.42. The third-order valence-corrected chi connectivity index (χ3v) is 3.76. The molecule has 126 valence electrons. The Bertz CT molecular complexity index is 693. The molecule has 0 saturated heterocycles. The number of benzene rings is 1. The van der Waals surface area contributed by atoms with E-state index >= 15 is 0 Å². The molecule has 2 N–H and O–H groups in total. The monoisotopic (exact) mass is 343 g/mol. The second-order valence-electron chi connectivity index (χ2n) is 4.83. The molecule has 0 aliphatic heterocycles. The number of hydrazine groups is 1. The van der Waals surface area contributed by atoms with Gasteiger partial charge in [0, 0.05) is 5.57 Å². The summed E-state index contributed by atoms with van der Waals surface area (Å²) in [4.78, 5) is 27.8. The van der Waals surface area contributed by atoms with Crippen molar-refractivity contribution in [3.63, 3.8) is 0 Å². The predicted molar refractivity (Wildman–Crippen MR) is 101 cm³/mol. The lowest BCUT2D eigenvalue weighted by atomic mass is 10.2. The van der Waals surface area contributed by atoms with Gasteiger partial charge in [0.2, 0.25) is 5.91 Å². The number of para-hydroxylation sites is 1. The predicted octanol–water partition coefficient (Wildman–Crippen LogP) is 3.22. The Labute approximate surface area is 146 Å². The molecule has 0 bridgehead atoms. The van der Waals surface area contributed by atoms with Crippen LogP contribution in [0.15, 0.2) is 66.2 Å². The van der Waals surface area contributed by atoms with Gasteiger partial charge in [-0.25, -0.2) is 4.99 Å². The number of hydrogen-bond donors (Lipinski definition) is 2. The molecule has 1 aromatic carbocycles. The van der Waals surface area contributed by atoms with Crippen molar-refractivity contribution in [2.24, 2.45) is 4.99 Å². The lowest BCUT2D eigenvalue weighted by molar-refractivity contribution is -0.125. The molecular formula is C18H21N3O2S. The summed E-state index contributed by atoms with van der Waals surface area (Å²) in [5, 5.41) is 0.768. The number of amides is 2. The summed E-state index contributed by atoms with van der Waals surface area (Å²) in [5.41, 5.74) is 6.80. The first-order valence-electron chi connectivity index (χ1n) is 7.25. The van der Waals surface area contributed by atoms with Crippen LogP contribution in [0.3, 0.4) is 0 Å². The van der Waals surface area contributed by atoms with E-state index in [0.717, 1.165) is 16.3 Å². The van der Waals surface area contributed by atoms with Crippen LogP contribution in [0.5, 0.6) is 0 Å². The zero-order valence-electron chi connectivity index (χ0n) is 13.8. The van der Waals surface area contributed by atoms with Crippen LogP contribution in [0.2, 0.25) is 0 Å². The van der Waals surface area contributed by atoms with Gasteiger partial charge in [-0.2, -0.15) is 0 Å². The van der Waals surface area contributed by atoms with Gasteiger partial charge < -0.3 is 0 Å². The quantitative estimate of drug-likeness (QED) is 0.274. The van der Waals surface area contributed by atoms with E-state index < -0.39 is 5.91 Å². The van der Waals surface area contributed by atoms with Gasteiger partial charge in [0.25, 0.3) is 5.91 Å². The molecule has 0 aliphatic carbocycles. The maximum atomic E-state index is 11.7. The molecular weight excluding hydrogens is 322 g/mol. The molecule has 0 fully saturated rings. The molecule has 1 aromatic rings. The van der Waals surface area contributed by atoms with Gasteiger partial charge in [-0.3, -0.25) is 20.4 Å². The minimum absolute atomic E-state index is 0.149. The van der Waals surface area contributed by atoms with E-state index in [1.807, 2.05) is 38.1 Å². The first kappa shape index (κ1) is 19.4. The van der Waals surface area contributed by atoms with E-state index in [-0.39, 0.29) is 17.2 Å². The molecule has 0 radical (unpaired) electrons. The second kappa shape index (κ2) is 10.2. The number of nitrogens with zero attached hydrogens (tertiary/aromatic N) is 1. The van der Waals surface area contributed by atoms with E-state index in [0.29, 0.717) is 0 Å². The van der Waals surface area contributed by atoms with Gasteiger partial charge in [0.1, 0.15) is 0 Å². The smallest absolute Gasteiger partial charge is 0.269 e. The number of aryl methyl sites for hydroxylation is 1. The highest BCUT2D eigenvalue weighted by molar-refractivity contribution is 8.14. The van der Waals surface area contributed by atoms with Crippen molar-refractivity contribution in [1.29, 1.82) is 0 Å². The topological polar surface area (TPSA) is 70.6 Å². The van der Waals surface area contributed by atoms with E-state index in [9.17, 15) is 9.59 Å². The van der Waals surface area contributed by atoms with E-state index in [4.69, 9.17) is 0 Å². The summed E-state index contributed by atoms with van der Waals surface area (Å²) in [6, 6.07) is 7.76. The standard InChI is InChI=1S/C18H21N3O2S/c1-5-6-9-14(3)18(23)21-20-17(22)12-24-15(4)19-16-11-8-7-10-13(16)2/h5-11H,1,3,12H2,2,4H3,(H,20,22)(H,21,23)/b9-6-,19-15?. The molecule has 24 heavy (non-hydrogen) atoms. The molecule has 0 spiro atoms. The Hall–Kier alpha value is -2.60. The fourth-order valence-corrected chi connectivity index (χ4v) is 2.14. The first-order chi connectivity index (χ1) is 11.4. The normalized spacial score (nSPS) is 11.2. The van der Waals surface area contributed by atoms with E-state index in [1.54, 1.807) is 6.08 Å². The summed E-state index contributed by atoms with van der Waals surface area (Å²) in [7, 11) is 0. The fraction of sp³-hybridized carbons (Fsp3) is 0.167. The van der Waals surface area contributed by atoms with Crippen molar-refractivity contribution in [1.82, 2.24) is 10.9 Å². The van der Waals surface area contributed by atoms with Gasteiger partial charge in [0.05, 0.1) is 16.5 Å². The average molecular weight is 343 g/mol. The maximum absolute atomic E-state index is 11.7. The van der Waals surface area contributed by atoms with Crippen LogP contribution in [0.25, 0.3) is 0 Å². The molecule has 5 nitrogen and oxygen atoms in total. The number of hydrogen-bond acceptors (Lipinski definition) is 4. The van der Waals surface area contributed by atoms with Crippen LogP contribution in [-0.2, 0) is 9.59 Å². The molecule has 1 rings (SSSR count). The van der Waals surface area contributed by atoms with Crippen LogP contribution >= 0.6 is 11.8 Å². The third-order valence-electron chi connectivity index (χ3n) is 2.85. The average Bonchev–Trinajstić information content (AvgIpc) is 2.57. The Morgan fingerprint density at radius 1 is 1.29 bits per heavy atom. The highest BCUT2D eigenvalue weighted by atomic mass is 32.2.